The normalized spacial score (nSPS) is 16.2. The van der Waals surface area contributed by atoms with Crippen LogP contribution in [0.1, 0.15) is 78.9 Å². The maximum absolute atomic E-state index is 12.7. The number of anilines is 1. The molecule has 0 radical (unpaired) electrons. The van der Waals surface area contributed by atoms with E-state index < -0.39 is 5.91 Å². The quantitative estimate of drug-likeness (QED) is 0.624. The molecular formula is C25H34N2O3S. The SMILES string of the molecule is Cc1ccc(C(C)C)c(OCC(=O)Nc2sc3c(c2C(N)=O)CC[C@H](C(C)(C)C)C3)c1. The fourth-order valence-electron chi connectivity index (χ4n) is 4.22. The van der Waals surface area contributed by atoms with Crippen LogP contribution in [-0.2, 0) is 17.6 Å². The Bertz CT molecular complexity index is 985. The molecule has 0 bridgehead atoms. The van der Waals surface area contributed by atoms with Crippen molar-refractivity contribution in [3.8, 4) is 5.75 Å². The topological polar surface area (TPSA) is 81.4 Å². The van der Waals surface area contributed by atoms with E-state index in [0.29, 0.717) is 22.4 Å². The maximum atomic E-state index is 12.7. The van der Waals surface area contributed by atoms with Gasteiger partial charge in [0.2, 0.25) is 0 Å². The zero-order valence-corrected chi connectivity index (χ0v) is 20.2. The summed E-state index contributed by atoms with van der Waals surface area (Å²) in [6.07, 6.45) is 2.76. The van der Waals surface area contributed by atoms with Gasteiger partial charge in [-0.3, -0.25) is 9.59 Å². The molecule has 3 rings (SSSR count). The second kappa shape index (κ2) is 9.03. The minimum atomic E-state index is -0.483. The highest BCUT2D eigenvalue weighted by molar-refractivity contribution is 7.17. The van der Waals surface area contributed by atoms with Crippen molar-refractivity contribution in [3.63, 3.8) is 0 Å². The van der Waals surface area contributed by atoms with Crippen LogP contribution >= 0.6 is 11.3 Å². The highest BCUT2D eigenvalue weighted by atomic mass is 32.1. The molecule has 0 saturated carbocycles. The Hall–Kier alpha value is -2.34. The number of aryl methyl sites for hydroxylation is 1. The predicted octanol–water partition coefficient (Wildman–Crippen LogP) is 5.45. The predicted molar refractivity (Wildman–Crippen MR) is 127 cm³/mol. The summed E-state index contributed by atoms with van der Waals surface area (Å²) in [7, 11) is 0. The first-order chi connectivity index (χ1) is 14.5. The molecule has 3 N–H and O–H groups in total. The molecule has 1 aromatic heterocycles. The second-order valence-corrected chi connectivity index (χ2v) is 11.0. The molecule has 0 fully saturated rings. The van der Waals surface area contributed by atoms with E-state index in [2.05, 4.69) is 39.9 Å². The van der Waals surface area contributed by atoms with E-state index >= 15 is 0 Å². The third kappa shape index (κ3) is 5.29. The fourth-order valence-corrected chi connectivity index (χ4v) is 5.57. The number of hydrogen-bond acceptors (Lipinski definition) is 4. The lowest BCUT2D eigenvalue weighted by Crippen LogP contribution is -2.27. The lowest BCUT2D eigenvalue weighted by Gasteiger charge is -2.33. The number of amides is 2. The smallest absolute Gasteiger partial charge is 0.262 e. The number of hydrogen-bond donors (Lipinski definition) is 2. The van der Waals surface area contributed by atoms with Gasteiger partial charge in [-0.05, 0) is 66.2 Å². The van der Waals surface area contributed by atoms with Crippen LogP contribution < -0.4 is 15.8 Å². The summed E-state index contributed by atoms with van der Waals surface area (Å²) in [6.45, 7) is 12.8. The average Bonchev–Trinajstić information content (AvgIpc) is 3.02. The molecule has 2 aromatic rings. The van der Waals surface area contributed by atoms with Gasteiger partial charge >= 0.3 is 0 Å². The van der Waals surface area contributed by atoms with Crippen LogP contribution in [0, 0.1) is 18.3 Å². The van der Waals surface area contributed by atoms with Gasteiger partial charge in [0.15, 0.2) is 6.61 Å². The Kier molecular flexibility index (Phi) is 6.79. The Morgan fingerprint density at radius 3 is 2.61 bits per heavy atom. The molecule has 1 heterocycles. The van der Waals surface area contributed by atoms with Crippen molar-refractivity contribution in [2.45, 2.75) is 66.7 Å². The highest BCUT2D eigenvalue weighted by Crippen LogP contribution is 2.44. The van der Waals surface area contributed by atoms with Crippen molar-refractivity contribution >= 4 is 28.2 Å². The molecule has 1 aliphatic carbocycles. The summed E-state index contributed by atoms with van der Waals surface area (Å²) in [5.41, 5.74) is 9.53. The van der Waals surface area contributed by atoms with Gasteiger partial charge in [0.25, 0.3) is 11.8 Å². The molecule has 2 amide bonds. The molecule has 31 heavy (non-hydrogen) atoms. The number of carbonyl (C=O) groups excluding carboxylic acids is 2. The Morgan fingerprint density at radius 1 is 1.29 bits per heavy atom. The van der Waals surface area contributed by atoms with Crippen molar-refractivity contribution in [1.82, 2.24) is 0 Å². The minimum Gasteiger partial charge on any atom is -0.483 e. The van der Waals surface area contributed by atoms with Crippen LogP contribution in [0.15, 0.2) is 18.2 Å². The number of nitrogens with two attached hydrogens (primary N) is 1. The standard InChI is InChI=1S/C25H34N2O3S/c1-14(2)17-9-7-15(3)11-19(17)30-13-21(28)27-24-22(23(26)29)18-10-8-16(25(4,5)6)12-20(18)31-24/h7,9,11,14,16H,8,10,12-13H2,1-6H3,(H2,26,29)(H,27,28)/t16-/m0/s1. The van der Waals surface area contributed by atoms with Crippen LogP contribution in [0.5, 0.6) is 5.75 Å². The van der Waals surface area contributed by atoms with Gasteiger partial charge in [-0.2, -0.15) is 0 Å². The van der Waals surface area contributed by atoms with Crippen LogP contribution in [0.2, 0.25) is 0 Å². The van der Waals surface area contributed by atoms with Gasteiger partial charge in [0.1, 0.15) is 10.8 Å². The number of thiophene rings is 1. The largest absolute Gasteiger partial charge is 0.483 e. The van der Waals surface area contributed by atoms with E-state index in [-0.39, 0.29) is 17.9 Å². The lowest BCUT2D eigenvalue weighted by atomic mass is 9.72. The first-order valence-electron chi connectivity index (χ1n) is 10.9. The number of primary amides is 1. The summed E-state index contributed by atoms with van der Waals surface area (Å²) in [5, 5.41) is 3.44. The summed E-state index contributed by atoms with van der Waals surface area (Å²) in [5.74, 6) is 0.786. The Morgan fingerprint density at radius 2 is 2.00 bits per heavy atom. The molecule has 0 saturated heterocycles. The Labute approximate surface area is 189 Å². The summed E-state index contributed by atoms with van der Waals surface area (Å²) >= 11 is 1.48. The Balaban J connectivity index is 1.76. The molecule has 1 aliphatic rings. The molecule has 5 nitrogen and oxygen atoms in total. The maximum Gasteiger partial charge on any atom is 0.262 e. The molecule has 0 unspecified atom stereocenters. The first-order valence-corrected chi connectivity index (χ1v) is 11.8. The molecule has 6 heteroatoms. The van der Waals surface area contributed by atoms with Crippen molar-refractivity contribution in [1.29, 1.82) is 0 Å². The van der Waals surface area contributed by atoms with Gasteiger partial charge in [0.05, 0.1) is 5.56 Å². The monoisotopic (exact) mass is 442 g/mol. The minimum absolute atomic E-state index is 0.117. The number of ether oxygens (including phenoxy) is 1. The third-order valence-electron chi connectivity index (χ3n) is 6.14. The molecule has 168 valence electrons. The van der Waals surface area contributed by atoms with E-state index in [1.807, 2.05) is 25.1 Å². The van der Waals surface area contributed by atoms with E-state index in [1.54, 1.807) is 0 Å². The first kappa shape index (κ1) is 23.3. The van der Waals surface area contributed by atoms with E-state index in [4.69, 9.17) is 10.5 Å². The number of fused-ring (bicyclic) bond motifs is 1. The third-order valence-corrected chi connectivity index (χ3v) is 7.31. The highest BCUT2D eigenvalue weighted by Gasteiger charge is 2.33. The molecule has 0 aliphatic heterocycles. The van der Waals surface area contributed by atoms with Crippen molar-refractivity contribution in [2.24, 2.45) is 17.1 Å². The van der Waals surface area contributed by atoms with Crippen molar-refractivity contribution in [3.05, 3.63) is 45.3 Å². The number of benzene rings is 1. The molecular weight excluding hydrogens is 408 g/mol. The molecule has 1 atom stereocenters. The molecule has 0 spiro atoms. The lowest BCUT2D eigenvalue weighted by molar-refractivity contribution is -0.118. The van der Waals surface area contributed by atoms with Crippen LogP contribution in [0.25, 0.3) is 0 Å². The van der Waals surface area contributed by atoms with Gasteiger partial charge in [0, 0.05) is 4.88 Å². The zero-order chi connectivity index (χ0) is 22.9. The number of rotatable bonds is 6. The van der Waals surface area contributed by atoms with Crippen molar-refractivity contribution in [2.75, 3.05) is 11.9 Å². The van der Waals surface area contributed by atoms with Gasteiger partial charge in [-0.25, -0.2) is 0 Å². The second-order valence-electron chi connectivity index (χ2n) is 9.91. The van der Waals surface area contributed by atoms with E-state index in [0.717, 1.165) is 46.6 Å². The summed E-state index contributed by atoms with van der Waals surface area (Å²) in [4.78, 5) is 26.0. The van der Waals surface area contributed by atoms with Gasteiger partial charge < -0.3 is 15.8 Å². The van der Waals surface area contributed by atoms with Crippen molar-refractivity contribution < 1.29 is 14.3 Å². The van der Waals surface area contributed by atoms with Crippen LogP contribution in [0.4, 0.5) is 5.00 Å². The summed E-state index contributed by atoms with van der Waals surface area (Å²) in [6, 6.07) is 6.04. The fraction of sp³-hybridized carbons (Fsp3) is 0.520. The zero-order valence-electron chi connectivity index (χ0n) is 19.4. The van der Waals surface area contributed by atoms with Gasteiger partial charge in [-0.15, -0.1) is 11.3 Å². The molecule has 1 aromatic carbocycles. The number of carbonyl (C=O) groups is 2. The van der Waals surface area contributed by atoms with E-state index in [9.17, 15) is 9.59 Å². The average molecular weight is 443 g/mol. The van der Waals surface area contributed by atoms with E-state index in [1.165, 1.54) is 11.3 Å². The van der Waals surface area contributed by atoms with Gasteiger partial charge in [-0.1, -0.05) is 46.8 Å². The van der Waals surface area contributed by atoms with Crippen LogP contribution in [0.3, 0.4) is 0 Å². The number of nitrogens with one attached hydrogen (secondary N) is 1. The summed E-state index contributed by atoms with van der Waals surface area (Å²) < 4.78 is 5.85. The van der Waals surface area contributed by atoms with Crippen LogP contribution in [-0.4, -0.2) is 18.4 Å².